The molecule has 0 aromatic heterocycles. The van der Waals surface area contributed by atoms with Gasteiger partial charge in [-0.25, -0.2) is 8.42 Å². The first-order valence-electron chi connectivity index (χ1n) is 9.15. The molecule has 0 spiro atoms. The van der Waals surface area contributed by atoms with Crippen LogP contribution >= 0.6 is 0 Å². The van der Waals surface area contributed by atoms with Crippen LogP contribution in [0.5, 0.6) is 0 Å². The molecule has 2 aromatic carbocycles. The summed E-state index contributed by atoms with van der Waals surface area (Å²) in [7, 11) is -1.96. The quantitative estimate of drug-likeness (QED) is 0.774. The summed E-state index contributed by atoms with van der Waals surface area (Å²) < 4.78 is 33.1. The van der Waals surface area contributed by atoms with Gasteiger partial charge in [0.05, 0.1) is 11.0 Å². The second-order valence-electron chi connectivity index (χ2n) is 6.78. The maximum Gasteiger partial charge on any atom is 0.261 e. The lowest BCUT2D eigenvalue weighted by Crippen LogP contribution is -2.36. The van der Waals surface area contributed by atoms with E-state index in [0.29, 0.717) is 17.5 Å². The minimum absolute atomic E-state index is 0.132. The number of carbonyl (C=O) groups is 1. The van der Waals surface area contributed by atoms with Gasteiger partial charge in [0.1, 0.15) is 0 Å². The molecule has 0 saturated carbocycles. The van der Waals surface area contributed by atoms with Crippen molar-refractivity contribution in [3.05, 3.63) is 48.5 Å². The molecule has 1 amide bonds. The van der Waals surface area contributed by atoms with Crippen molar-refractivity contribution in [2.75, 3.05) is 35.1 Å². The van der Waals surface area contributed by atoms with Gasteiger partial charge in [0.15, 0.2) is 0 Å². The molecule has 1 saturated heterocycles. The Bertz CT molecular complexity index is 903. The second kappa shape index (κ2) is 8.62. The Balaban J connectivity index is 1.65. The van der Waals surface area contributed by atoms with Gasteiger partial charge in [-0.3, -0.25) is 9.52 Å². The van der Waals surface area contributed by atoms with Crippen LogP contribution in [0.2, 0.25) is 0 Å². The highest BCUT2D eigenvalue weighted by molar-refractivity contribution is 7.92. The van der Waals surface area contributed by atoms with Crippen LogP contribution in [0, 0.1) is 0 Å². The van der Waals surface area contributed by atoms with E-state index in [2.05, 4.69) is 14.9 Å². The zero-order chi connectivity index (χ0) is 20.1. The van der Waals surface area contributed by atoms with Crippen molar-refractivity contribution in [2.24, 2.45) is 0 Å². The summed E-state index contributed by atoms with van der Waals surface area (Å²) in [5.41, 5.74) is 2.12. The fourth-order valence-corrected chi connectivity index (χ4v) is 4.28. The molecule has 1 aliphatic heterocycles. The molecular weight excluding hydrogens is 378 g/mol. The summed E-state index contributed by atoms with van der Waals surface area (Å²) in [4.78, 5) is 13.5. The number of piperidine rings is 1. The average molecular weight is 404 g/mol. The lowest BCUT2D eigenvalue weighted by Gasteiger charge is -2.33. The number of nitrogens with one attached hydrogen (secondary N) is 2. The van der Waals surface area contributed by atoms with Gasteiger partial charge in [-0.1, -0.05) is 0 Å². The number of methoxy groups -OCH3 is 1. The third-order valence-corrected chi connectivity index (χ3v) is 6.14. The second-order valence-corrected chi connectivity index (χ2v) is 8.46. The molecule has 1 fully saturated rings. The number of nitrogens with zero attached hydrogens (tertiary/aromatic N) is 1. The third kappa shape index (κ3) is 5.02. The Kier molecular flexibility index (Phi) is 6.21. The molecule has 0 aliphatic carbocycles. The van der Waals surface area contributed by atoms with Gasteiger partial charge < -0.3 is 15.0 Å². The molecule has 0 atom stereocenters. The Morgan fingerprint density at radius 1 is 1.00 bits per heavy atom. The van der Waals surface area contributed by atoms with Gasteiger partial charge in [-0.05, 0) is 61.4 Å². The van der Waals surface area contributed by atoms with Crippen LogP contribution < -0.4 is 14.9 Å². The topological polar surface area (TPSA) is 87.7 Å². The fourth-order valence-electron chi connectivity index (χ4n) is 3.22. The zero-order valence-electron chi connectivity index (χ0n) is 16.0. The Morgan fingerprint density at radius 3 is 2.11 bits per heavy atom. The predicted octanol–water partition coefficient (Wildman–Crippen LogP) is 3.06. The summed E-state index contributed by atoms with van der Waals surface area (Å²) in [5.74, 6) is -0.208. The number of rotatable bonds is 6. The van der Waals surface area contributed by atoms with Crippen LogP contribution in [0.3, 0.4) is 0 Å². The van der Waals surface area contributed by atoms with E-state index in [-0.39, 0.29) is 10.8 Å². The van der Waals surface area contributed by atoms with E-state index in [1.54, 1.807) is 31.4 Å². The Morgan fingerprint density at radius 2 is 1.57 bits per heavy atom. The lowest BCUT2D eigenvalue weighted by molar-refractivity contribution is -0.114. The van der Waals surface area contributed by atoms with Gasteiger partial charge in [0.2, 0.25) is 5.91 Å². The van der Waals surface area contributed by atoms with Crippen LogP contribution in [0.15, 0.2) is 53.4 Å². The highest BCUT2D eigenvalue weighted by Gasteiger charge is 2.19. The molecule has 2 aromatic rings. The number of sulfonamides is 1. The summed E-state index contributed by atoms with van der Waals surface area (Å²) in [6.07, 6.45) is 2.29. The van der Waals surface area contributed by atoms with E-state index < -0.39 is 10.0 Å². The van der Waals surface area contributed by atoms with E-state index in [9.17, 15) is 13.2 Å². The average Bonchev–Trinajstić information content (AvgIpc) is 2.68. The number of hydrogen-bond donors (Lipinski definition) is 2. The summed E-state index contributed by atoms with van der Waals surface area (Å²) in [5, 5.41) is 2.61. The number of hydrogen-bond acceptors (Lipinski definition) is 5. The smallest absolute Gasteiger partial charge is 0.261 e. The SMILES string of the molecule is COC1CCN(c2ccc(NS(=O)(=O)c3ccc(NC(C)=O)cc3)cc2)CC1. The molecular formula is C20H25N3O4S. The monoisotopic (exact) mass is 403 g/mol. The van der Waals surface area contributed by atoms with Crippen molar-refractivity contribution in [1.82, 2.24) is 0 Å². The maximum atomic E-state index is 12.6. The van der Waals surface area contributed by atoms with E-state index >= 15 is 0 Å². The Labute approximate surface area is 165 Å². The van der Waals surface area contributed by atoms with Crippen molar-refractivity contribution in [3.63, 3.8) is 0 Å². The van der Waals surface area contributed by atoms with E-state index in [1.165, 1.54) is 19.1 Å². The molecule has 0 bridgehead atoms. The van der Waals surface area contributed by atoms with E-state index in [4.69, 9.17) is 4.74 Å². The van der Waals surface area contributed by atoms with E-state index in [0.717, 1.165) is 31.6 Å². The molecule has 0 unspecified atom stereocenters. The van der Waals surface area contributed by atoms with Crippen LogP contribution in [-0.4, -0.2) is 40.6 Å². The fraction of sp³-hybridized carbons (Fsp3) is 0.350. The first-order chi connectivity index (χ1) is 13.4. The molecule has 1 heterocycles. The van der Waals surface area contributed by atoms with Gasteiger partial charge in [0, 0.05) is 44.2 Å². The summed E-state index contributed by atoms with van der Waals surface area (Å²) in [6.45, 7) is 3.24. The van der Waals surface area contributed by atoms with Gasteiger partial charge in [0.25, 0.3) is 10.0 Å². The largest absolute Gasteiger partial charge is 0.381 e. The van der Waals surface area contributed by atoms with Crippen molar-refractivity contribution in [1.29, 1.82) is 0 Å². The van der Waals surface area contributed by atoms with Crippen molar-refractivity contribution >= 4 is 33.0 Å². The van der Waals surface area contributed by atoms with Crippen LogP contribution in [0.4, 0.5) is 17.1 Å². The van der Waals surface area contributed by atoms with Crippen LogP contribution in [-0.2, 0) is 19.6 Å². The van der Waals surface area contributed by atoms with Gasteiger partial charge in [-0.2, -0.15) is 0 Å². The van der Waals surface area contributed by atoms with Crippen LogP contribution in [0.1, 0.15) is 19.8 Å². The minimum Gasteiger partial charge on any atom is -0.381 e. The van der Waals surface area contributed by atoms with Gasteiger partial charge in [-0.15, -0.1) is 0 Å². The first-order valence-corrected chi connectivity index (χ1v) is 10.6. The summed E-state index contributed by atoms with van der Waals surface area (Å²) in [6, 6.07) is 13.4. The molecule has 0 radical (unpaired) electrons. The highest BCUT2D eigenvalue weighted by Crippen LogP contribution is 2.24. The predicted molar refractivity (Wildman–Crippen MR) is 110 cm³/mol. The van der Waals surface area contributed by atoms with Crippen molar-refractivity contribution in [2.45, 2.75) is 30.8 Å². The number of benzene rings is 2. The number of anilines is 3. The Hall–Kier alpha value is -2.58. The van der Waals surface area contributed by atoms with Crippen LogP contribution in [0.25, 0.3) is 0 Å². The molecule has 8 heteroatoms. The normalized spacial score (nSPS) is 15.3. The van der Waals surface area contributed by atoms with Crippen molar-refractivity contribution in [3.8, 4) is 0 Å². The minimum atomic E-state index is -3.70. The van der Waals surface area contributed by atoms with Crippen molar-refractivity contribution < 1.29 is 17.9 Å². The molecule has 150 valence electrons. The molecule has 3 rings (SSSR count). The maximum absolute atomic E-state index is 12.6. The summed E-state index contributed by atoms with van der Waals surface area (Å²) >= 11 is 0. The van der Waals surface area contributed by atoms with E-state index in [1.807, 2.05) is 12.1 Å². The molecule has 7 nitrogen and oxygen atoms in total. The molecule has 1 aliphatic rings. The van der Waals surface area contributed by atoms with Gasteiger partial charge >= 0.3 is 0 Å². The molecule has 2 N–H and O–H groups in total. The molecule has 28 heavy (non-hydrogen) atoms. The highest BCUT2D eigenvalue weighted by atomic mass is 32.2. The number of amides is 1. The first kappa shape index (κ1) is 20.2. The zero-order valence-corrected chi connectivity index (χ0v) is 16.8. The standard InChI is InChI=1S/C20H25N3O4S/c1-15(24)21-16-5-9-20(10-6-16)28(25,26)22-17-3-7-18(8-4-17)23-13-11-19(27-2)12-14-23/h3-10,19,22H,11-14H2,1-2H3,(H,21,24). The lowest BCUT2D eigenvalue weighted by atomic mass is 10.1. The third-order valence-electron chi connectivity index (χ3n) is 4.74. The number of ether oxygens (including phenoxy) is 1. The number of carbonyl (C=O) groups excluding carboxylic acids is 1.